The number of nitrogens with one attached hydrogen (secondary N) is 1. The van der Waals surface area contributed by atoms with E-state index in [1.54, 1.807) is 4.90 Å². The molecule has 9 heteroatoms. The van der Waals surface area contributed by atoms with Gasteiger partial charge in [0.15, 0.2) is 0 Å². The van der Waals surface area contributed by atoms with Crippen LogP contribution < -0.4 is 5.32 Å². The van der Waals surface area contributed by atoms with Gasteiger partial charge in [0.05, 0.1) is 24.6 Å². The third kappa shape index (κ3) is 3.49. The average molecular weight is 374 g/mol. The first kappa shape index (κ1) is 17.4. The van der Waals surface area contributed by atoms with Crippen LogP contribution in [0.5, 0.6) is 0 Å². The standard InChI is InChI=1S/C18H20F2N6O/c1-12-10-21-17-9-16(22-11-26(12)17)24-4-6-25(7-5-24)18(27)23-15-3-2-13(19)8-14(15)20/h2-3,8-9,11-12H,4-7,10H2,1H3,(H,23,27)/t12-/m1/s1. The summed E-state index contributed by atoms with van der Waals surface area (Å²) in [5, 5.41) is 2.49. The molecule has 0 radical (unpaired) electrons. The second kappa shape index (κ2) is 6.98. The van der Waals surface area contributed by atoms with E-state index < -0.39 is 17.7 Å². The highest BCUT2D eigenvalue weighted by Gasteiger charge is 2.28. The second-order valence-electron chi connectivity index (χ2n) is 6.73. The van der Waals surface area contributed by atoms with Crippen LogP contribution in [-0.4, -0.2) is 71.7 Å². The van der Waals surface area contributed by atoms with Crippen molar-refractivity contribution < 1.29 is 13.6 Å². The number of anilines is 1. The molecule has 1 atom stereocenters. The Kier molecular flexibility index (Phi) is 4.51. The number of nitrogens with zero attached hydrogens (tertiary/aromatic N) is 5. The molecule has 1 fully saturated rings. The molecule has 4 rings (SSSR count). The van der Waals surface area contributed by atoms with Gasteiger partial charge in [-0.25, -0.2) is 18.6 Å². The summed E-state index contributed by atoms with van der Waals surface area (Å²) in [6, 6.07) is 3.00. The van der Waals surface area contributed by atoms with Crippen molar-refractivity contribution in [3.63, 3.8) is 0 Å². The number of amides is 2. The molecule has 7 nitrogen and oxygen atoms in total. The van der Waals surface area contributed by atoms with Crippen molar-refractivity contribution in [1.82, 2.24) is 14.7 Å². The quantitative estimate of drug-likeness (QED) is 0.862. The molecule has 0 aromatic heterocycles. The predicted octanol–water partition coefficient (Wildman–Crippen LogP) is 2.10. The highest BCUT2D eigenvalue weighted by Crippen LogP contribution is 2.20. The van der Waals surface area contributed by atoms with E-state index in [2.05, 4.69) is 27.1 Å². The van der Waals surface area contributed by atoms with Gasteiger partial charge in [-0.2, -0.15) is 0 Å². The molecule has 1 N–H and O–H groups in total. The van der Waals surface area contributed by atoms with E-state index in [0.29, 0.717) is 32.2 Å². The summed E-state index contributed by atoms with van der Waals surface area (Å²) in [6.07, 6.45) is 3.77. The SMILES string of the molecule is C[C@@H]1CN=C2C=C(N3CCN(C(=O)Nc4ccc(F)cc4F)CC3)N=CN21. The Morgan fingerprint density at radius 3 is 2.74 bits per heavy atom. The number of aliphatic imine (C=N–C) groups is 2. The Morgan fingerprint density at radius 2 is 2.00 bits per heavy atom. The molecule has 0 bridgehead atoms. The van der Waals surface area contributed by atoms with Gasteiger partial charge in [-0.3, -0.25) is 4.99 Å². The number of fused-ring (bicyclic) bond motifs is 1. The summed E-state index contributed by atoms with van der Waals surface area (Å²) in [4.78, 5) is 27.1. The first-order valence-electron chi connectivity index (χ1n) is 8.86. The fourth-order valence-corrected chi connectivity index (χ4v) is 3.28. The smallest absolute Gasteiger partial charge is 0.322 e. The van der Waals surface area contributed by atoms with Crippen molar-refractivity contribution in [2.75, 3.05) is 38.0 Å². The Hall–Kier alpha value is -2.97. The number of carbonyl (C=O) groups excluding carboxylic acids is 1. The fourth-order valence-electron chi connectivity index (χ4n) is 3.28. The van der Waals surface area contributed by atoms with Gasteiger partial charge in [0.1, 0.15) is 23.3 Å². The van der Waals surface area contributed by atoms with Crippen LogP contribution in [0.4, 0.5) is 19.3 Å². The minimum atomic E-state index is -0.792. The maximum absolute atomic E-state index is 13.7. The fraction of sp³-hybridized carbons (Fsp3) is 0.389. The van der Waals surface area contributed by atoms with Gasteiger partial charge >= 0.3 is 6.03 Å². The molecule has 0 saturated carbocycles. The Morgan fingerprint density at radius 1 is 1.22 bits per heavy atom. The number of urea groups is 1. The zero-order valence-corrected chi connectivity index (χ0v) is 14.9. The van der Waals surface area contributed by atoms with Crippen molar-refractivity contribution in [1.29, 1.82) is 0 Å². The van der Waals surface area contributed by atoms with Gasteiger partial charge in [-0.15, -0.1) is 0 Å². The van der Waals surface area contributed by atoms with E-state index >= 15 is 0 Å². The molecule has 1 aromatic carbocycles. The van der Waals surface area contributed by atoms with Crippen LogP contribution in [0.1, 0.15) is 6.92 Å². The molecule has 27 heavy (non-hydrogen) atoms. The van der Waals surface area contributed by atoms with Crippen LogP contribution in [0, 0.1) is 11.6 Å². The molecule has 2 amide bonds. The van der Waals surface area contributed by atoms with Crippen molar-refractivity contribution in [3.8, 4) is 0 Å². The summed E-state index contributed by atoms with van der Waals surface area (Å²) < 4.78 is 26.7. The zero-order valence-electron chi connectivity index (χ0n) is 14.9. The predicted molar refractivity (Wildman–Crippen MR) is 98.7 cm³/mol. The van der Waals surface area contributed by atoms with Crippen molar-refractivity contribution >= 4 is 23.9 Å². The van der Waals surface area contributed by atoms with E-state index in [1.807, 2.05) is 17.3 Å². The monoisotopic (exact) mass is 374 g/mol. The summed E-state index contributed by atoms with van der Waals surface area (Å²) in [7, 11) is 0. The lowest BCUT2D eigenvalue weighted by Gasteiger charge is -2.37. The van der Waals surface area contributed by atoms with Crippen LogP contribution in [0.15, 0.2) is 40.1 Å². The number of hydrogen-bond acceptors (Lipinski definition) is 5. The van der Waals surface area contributed by atoms with E-state index in [1.165, 1.54) is 6.07 Å². The summed E-state index contributed by atoms with van der Waals surface area (Å²) in [6.45, 7) is 5.06. The van der Waals surface area contributed by atoms with E-state index in [9.17, 15) is 13.6 Å². The summed E-state index contributed by atoms with van der Waals surface area (Å²) in [5.74, 6) is 0.281. The maximum Gasteiger partial charge on any atom is 0.322 e. The first-order chi connectivity index (χ1) is 13.0. The molecule has 3 heterocycles. The van der Waals surface area contributed by atoms with Crippen molar-refractivity contribution in [3.05, 3.63) is 41.7 Å². The average Bonchev–Trinajstić information content (AvgIpc) is 3.04. The third-order valence-corrected chi connectivity index (χ3v) is 4.89. The lowest BCUT2D eigenvalue weighted by molar-refractivity contribution is 0.166. The molecule has 1 saturated heterocycles. The van der Waals surface area contributed by atoms with Crippen LogP contribution in [0.3, 0.4) is 0 Å². The van der Waals surface area contributed by atoms with Gasteiger partial charge in [0, 0.05) is 38.3 Å². The third-order valence-electron chi connectivity index (χ3n) is 4.89. The number of piperazine rings is 1. The molecule has 1 aromatic rings. The normalized spacial score (nSPS) is 21.7. The Labute approximate surface area is 155 Å². The molecule has 0 spiro atoms. The maximum atomic E-state index is 13.7. The van der Waals surface area contributed by atoms with Crippen LogP contribution in [0.25, 0.3) is 0 Å². The molecular formula is C18H20F2N6O. The lowest BCUT2D eigenvalue weighted by atomic mass is 10.2. The van der Waals surface area contributed by atoms with Crippen molar-refractivity contribution in [2.24, 2.45) is 9.98 Å². The number of amidine groups is 1. The molecule has 0 unspecified atom stereocenters. The lowest BCUT2D eigenvalue weighted by Crippen LogP contribution is -2.50. The van der Waals surface area contributed by atoms with Gasteiger partial charge in [-0.05, 0) is 19.1 Å². The number of benzene rings is 1. The number of hydrogen-bond donors (Lipinski definition) is 1. The van der Waals surface area contributed by atoms with Crippen LogP contribution in [-0.2, 0) is 0 Å². The van der Waals surface area contributed by atoms with E-state index in [0.717, 1.165) is 30.3 Å². The highest BCUT2D eigenvalue weighted by atomic mass is 19.1. The van der Waals surface area contributed by atoms with Gasteiger partial charge < -0.3 is 20.0 Å². The second-order valence-corrected chi connectivity index (χ2v) is 6.73. The van der Waals surface area contributed by atoms with Crippen molar-refractivity contribution in [2.45, 2.75) is 13.0 Å². The van der Waals surface area contributed by atoms with E-state index in [4.69, 9.17) is 0 Å². The molecular weight excluding hydrogens is 354 g/mol. The Balaban J connectivity index is 1.34. The largest absolute Gasteiger partial charge is 0.353 e. The summed E-state index contributed by atoms with van der Waals surface area (Å²) >= 11 is 0. The highest BCUT2D eigenvalue weighted by molar-refractivity contribution is 6.03. The number of halogens is 2. The van der Waals surface area contributed by atoms with Crippen LogP contribution in [0.2, 0.25) is 0 Å². The zero-order chi connectivity index (χ0) is 19.0. The minimum absolute atomic E-state index is 0.0307. The molecule has 3 aliphatic rings. The molecule has 0 aliphatic carbocycles. The topological polar surface area (TPSA) is 63.5 Å². The summed E-state index contributed by atoms with van der Waals surface area (Å²) in [5.41, 5.74) is -0.0307. The Bertz CT molecular complexity index is 844. The number of rotatable bonds is 2. The molecule has 142 valence electrons. The van der Waals surface area contributed by atoms with Crippen LogP contribution >= 0.6 is 0 Å². The minimum Gasteiger partial charge on any atom is -0.353 e. The number of carbonyl (C=O) groups is 1. The van der Waals surface area contributed by atoms with Gasteiger partial charge in [-0.1, -0.05) is 0 Å². The molecule has 3 aliphatic heterocycles. The first-order valence-corrected chi connectivity index (χ1v) is 8.86. The van der Waals surface area contributed by atoms with E-state index in [-0.39, 0.29) is 5.69 Å². The van der Waals surface area contributed by atoms with Gasteiger partial charge in [0.25, 0.3) is 0 Å². The van der Waals surface area contributed by atoms with Gasteiger partial charge in [0.2, 0.25) is 0 Å².